The summed E-state index contributed by atoms with van der Waals surface area (Å²) in [5.41, 5.74) is 0.428. The number of aliphatic hydroxyl groups excluding tert-OH is 1. The fourth-order valence-electron chi connectivity index (χ4n) is 2.90. The van der Waals surface area contributed by atoms with E-state index >= 15 is 0 Å². The molecule has 2 aliphatic rings. The molecule has 92 valence electrons. The van der Waals surface area contributed by atoms with E-state index in [1.807, 2.05) is 6.08 Å². The lowest BCUT2D eigenvalue weighted by molar-refractivity contribution is -0.134. The molecule has 16 heavy (non-hydrogen) atoms. The molecule has 2 rings (SSSR count). The maximum absolute atomic E-state index is 9.73. The van der Waals surface area contributed by atoms with Crippen LogP contribution in [-0.2, 0) is 4.79 Å². The number of aliphatic hydroxyl groups is 1. The predicted octanol–water partition coefficient (Wildman–Crippen LogP) is 3.51. The lowest BCUT2D eigenvalue weighted by Gasteiger charge is -2.43. The first kappa shape index (κ1) is 13.1. The van der Waals surface area contributed by atoms with Crippen molar-refractivity contribution in [2.45, 2.75) is 52.4 Å². The monoisotopic (exact) mass is 226 g/mol. The van der Waals surface area contributed by atoms with E-state index in [1.54, 1.807) is 0 Å². The second kappa shape index (κ2) is 5.37. The Bertz CT molecular complexity index is 279. The lowest BCUT2D eigenvalue weighted by Crippen LogP contribution is -2.34. The molecule has 0 spiro atoms. The summed E-state index contributed by atoms with van der Waals surface area (Å²) < 4.78 is 0. The molecule has 3 heteroatoms. The van der Waals surface area contributed by atoms with Crippen molar-refractivity contribution in [2.75, 3.05) is 0 Å². The van der Waals surface area contributed by atoms with E-state index in [-0.39, 0.29) is 0 Å². The number of carboxylic acids is 1. The van der Waals surface area contributed by atoms with E-state index in [4.69, 9.17) is 9.90 Å². The second-order valence-corrected chi connectivity index (χ2v) is 5.14. The van der Waals surface area contributed by atoms with Crippen molar-refractivity contribution in [1.82, 2.24) is 0 Å². The number of hydrogen-bond acceptors (Lipinski definition) is 2. The molecule has 0 heterocycles. The van der Waals surface area contributed by atoms with Crippen LogP contribution in [-0.4, -0.2) is 16.2 Å². The van der Waals surface area contributed by atoms with Crippen LogP contribution in [0.5, 0.6) is 0 Å². The van der Waals surface area contributed by atoms with Crippen molar-refractivity contribution in [3.8, 4) is 0 Å². The van der Waals surface area contributed by atoms with Crippen molar-refractivity contribution in [1.29, 1.82) is 0 Å². The van der Waals surface area contributed by atoms with Gasteiger partial charge in [-0.15, -0.1) is 0 Å². The van der Waals surface area contributed by atoms with Gasteiger partial charge in [0, 0.05) is 12.8 Å². The van der Waals surface area contributed by atoms with E-state index in [2.05, 4.69) is 6.92 Å². The third kappa shape index (κ3) is 3.26. The third-order valence-corrected chi connectivity index (χ3v) is 3.76. The fourth-order valence-corrected chi connectivity index (χ4v) is 2.90. The van der Waals surface area contributed by atoms with Crippen LogP contribution in [0, 0.1) is 11.3 Å². The molecule has 0 aromatic heterocycles. The number of fused-ring (bicyclic) bond motifs is 1. The van der Waals surface area contributed by atoms with Gasteiger partial charge in [-0.3, -0.25) is 4.79 Å². The highest BCUT2D eigenvalue weighted by Gasteiger charge is 2.39. The van der Waals surface area contributed by atoms with Gasteiger partial charge in [0.1, 0.15) is 0 Å². The first-order chi connectivity index (χ1) is 7.46. The Morgan fingerprint density at radius 3 is 2.62 bits per heavy atom. The smallest absolute Gasteiger partial charge is 0.300 e. The summed E-state index contributed by atoms with van der Waals surface area (Å²) in [6.07, 6.45) is 9.57. The molecule has 0 radical (unpaired) electrons. The van der Waals surface area contributed by atoms with E-state index in [0.717, 1.165) is 13.3 Å². The predicted molar refractivity (Wildman–Crippen MR) is 63.3 cm³/mol. The number of aliphatic carboxylic acids is 1. The molecule has 0 amide bonds. The largest absolute Gasteiger partial charge is 0.512 e. The van der Waals surface area contributed by atoms with Crippen molar-refractivity contribution < 1.29 is 15.0 Å². The van der Waals surface area contributed by atoms with Gasteiger partial charge in [-0.2, -0.15) is 0 Å². The zero-order chi connectivity index (χ0) is 12.2. The van der Waals surface area contributed by atoms with Gasteiger partial charge in [-0.05, 0) is 37.2 Å². The number of hydrogen-bond donors (Lipinski definition) is 2. The molecule has 2 N–H and O–H groups in total. The van der Waals surface area contributed by atoms with E-state index in [9.17, 15) is 5.11 Å². The Hall–Kier alpha value is -0.990. The van der Waals surface area contributed by atoms with Gasteiger partial charge >= 0.3 is 0 Å². The SMILES string of the molecule is CC(=O)O.C[C@]12CCC=C(O)[C@@H]1CCCC2. The summed E-state index contributed by atoms with van der Waals surface area (Å²) in [6, 6.07) is 0. The minimum absolute atomic E-state index is 0.428. The highest BCUT2D eigenvalue weighted by Crippen LogP contribution is 2.49. The molecule has 2 aliphatic carbocycles. The minimum atomic E-state index is -0.833. The van der Waals surface area contributed by atoms with Gasteiger partial charge in [0.05, 0.1) is 5.76 Å². The number of carbonyl (C=O) groups is 1. The molecule has 0 saturated heterocycles. The van der Waals surface area contributed by atoms with Crippen LogP contribution < -0.4 is 0 Å². The van der Waals surface area contributed by atoms with Gasteiger partial charge in [0.25, 0.3) is 5.97 Å². The average Bonchev–Trinajstić information content (AvgIpc) is 2.16. The molecule has 0 unspecified atom stereocenters. The third-order valence-electron chi connectivity index (χ3n) is 3.76. The standard InChI is InChI=1S/C11H18O.C2H4O2/c1-11-7-3-2-5-9(11)10(12)6-4-8-11;1-2(3)4/h6,9,12H,2-5,7-8H2,1H3;1H3,(H,3,4)/t9-,11-;/m0./s1. The van der Waals surface area contributed by atoms with E-state index in [1.165, 1.54) is 32.1 Å². The Morgan fingerprint density at radius 2 is 2.06 bits per heavy atom. The second-order valence-electron chi connectivity index (χ2n) is 5.14. The first-order valence-electron chi connectivity index (χ1n) is 6.04. The topological polar surface area (TPSA) is 57.5 Å². The average molecular weight is 226 g/mol. The molecule has 1 fully saturated rings. The van der Waals surface area contributed by atoms with Crippen LogP contribution in [0.15, 0.2) is 11.8 Å². The lowest BCUT2D eigenvalue weighted by atomic mass is 9.62. The van der Waals surface area contributed by atoms with Gasteiger partial charge in [0.15, 0.2) is 0 Å². The number of rotatable bonds is 0. The Balaban J connectivity index is 0.000000280. The molecule has 0 aliphatic heterocycles. The molecule has 0 aromatic rings. The van der Waals surface area contributed by atoms with Crippen molar-refractivity contribution >= 4 is 5.97 Å². The summed E-state index contributed by atoms with van der Waals surface area (Å²) in [4.78, 5) is 9.00. The molecule has 0 bridgehead atoms. The number of carboxylic acid groups (broad SMARTS) is 1. The van der Waals surface area contributed by atoms with Gasteiger partial charge in [-0.25, -0.2) is 0 Å². The van der Waals surface area contributed by atoms with Crippen LogP contribution in [0.25, 0.3) is 0 Å². The molecular weight excluding hydrogens is 204 g/mol. The van der Waals surface area contributed by atoms with Crippen molar-refractivity contribution in [3.05, 3.63) is 11.8 Å². The van der Waals surface area contributed by atoms with Crippen LogP contribution in [0.3, 0.4) is 0 Å². The molecule has 0 aromatic carbocycles. The zero-order valence-corrected chi connectivity index (χ0v) is 10.2. The molecular formula is C13H22O3. The van der Waals surface area contributed by atoms with Gasteiger partial charge in [0.2, 0.25) is 0 Å². The van der Waals surface area contributed by atoms with Crippen LogP contribution >= 0.6 is 0 Å². The quantitative estimate of drug-likeness (QED) is 0.664. The van der Waals surface area contributed by atoms with Gasteiger partial charge < -0.3 is 10.2 Å². The van der Waals surface area contributed by atoms with Crippen LogP contribution in [0.2, 0.25) is 0 Å². The minimum Gasteiger partial charge on any atom is -0.512 e. The highest BCUT2D eigenvalue weighted by atomic mass is 16.4. The first-order valence-corrected chi connectivity index (χ1v) is 6.04. The maximum Gasteiger partial charge on any atom is 0.300 e. The molecule has 3 nitrogen and oxygen atoms in total. The maximum atomic E-state index is 9.73. The highest BCUT2D eigenvalue weighted by molar-refractivity contribution is 5.62. The Kier molecular flexibility index (Phi) is 4.39. The van der Waals surface area contributed by atoms with Crippen molar-refractivity contribution in [3.63, 3.8) is 0 Å². The summed E-state index contributed by atoms with van der Waals surface area (Å²) in [6.45, 7) is 3.43. The van der Waals surface area contributed by atoms with Gasteiger partial charge in [-0.1, -0.05) is 19.8 Å². The zero-order valence-electron chi connectivity index (χ0n) is 10.2. The van der Waals surface area contributed by atoms with Crippen LogP contribution in [0.4, 0.5) is 0 Å². The summed E-state index contributed by atoms with van der Waals surface area (Å²) in [5, 5.41) is 17.1. The van der Waals surface area contributed by atoms with E-state index in [0.29, 0.717) is 17.1 Å². The van der Waals surface area contributed by atoms with E-state index < -0.39 is 5.97 Å². The Morgan fingerprint density at radius 1 is 1.44 bits per heavy atom. The fraction of sp³-hybridized carbons (Fsp3) is 0.769. The summed E-state index contributed by atoms with van der Waals surface area (Å²) in [5.74, 6) is 0.337. The number of allylic oxidation sites excluding steroid dienone is 2. The molecule has 2 atom stereocenters. The Labute approximate surface area is 97.2 Å². The summed E-state index contributed by atoms with van der Waals surface area (Å²) in [7, 11) is 0. The van der Waals surface area contributed by atoms with Crippen molar-refractivity contribution in [2.24, 2.45) is 11.3 Å². The van der Waals surface area contributed by atoms with Crippen LogP contribution in [0.1, 0.15) is 52.4 Å². The summed E-state index contributed by atoms with van der Waals surface area (Å²) >= 11 is 0. The molecule has 1 saturated carbocycles. The normalized spacial score (nSPS) is 32.9.